The van der Waals surface area contributed by atoms with Gasteiger partial charge < -0.3 is 4.43 Å². The van der Waals surface area contributed by atoms with Crippen LogP contribution in [0, 0.1) is 5.92 Å². The van der Waals surface area contributed by atoms with Crippen molar-refractivity contribution in [2.24, 2.45) is 5.92 Å². The van der Waals surface area contributed by atoms with E-state index >= 15 is 0 Å². The van der Waals surface area contributed by atoms with Crippen LogP contribution in [0.25, 0.3) is 0 Å². The molecular weight excluding hydrogens is 176 g/mol. The Kier molecular flexibility index (Phi) is 6.69. The highest BCUT2D eigenvalue weighted by atomic mass is 28.4. The first-order valence-corrected chi connectivity index (χ1v) is 8.18. The van der Waals surface area contributed by atoms with Crippen LogP contribution in [0.15, 0.2) is 0 Å². The van der Waals surface area contributed by atoms with Crippen molar-refractivity contribution in [3.05, 3.63) is 0 Å². The summed E-state index contributed by atoms with van der Waals surface area (Å²) in [6.07, 6.45) is 2.57. The summed E-state index contributed by atoms with van der Waals surface area (Å²) in [7, 11) is 0.598. The van der Waals surface area contributed by atoms with E-state index in [1.807, 2.05) is 7.11 Å². The predicted octanol–water partition coefficient (Wildman–Crippen LogP) is 4.05. The number of hydrogen-bond acceptors (Lipinski definition) is 1. The van der Waals surface area contributed by atoms with E-state index in [2.05, 4.69) is 27.7 Å². The first-order chi connectivity index (χ1) is 6.10. The van der Waals surface area contributed by atoms with E-state index in [1.165, 1.54) is 31.0 Å². The van der Waals surface area contributed by atoms with Crippen molar-refractivity contribution in [2.75, 3.05) is 7.11 Å². The van der Waals surface area contributed by atoms with Gasteiger partial charge in [-0.25, -0.2) is 0 Å². The summed E-state index contributed by atoms with van der Waals surface area (Å²) < 4.78 is 5.87. The maximum absolute atomic E-state index is 5.87. The lowest BCUT2D eigenvalue weighted by Crippen LogP contribution is -2.37. The quantitative estimate of drug-likeness (QED) is 0.566. The zero-order chi connectivity index (χ0) is 10.3. The van der Waals surface area contributed by atoms with Crippen LogP contribution >= 0.6 is 0 Å². The minimum Gasteiger partial charge on any atom is -0.420 e. The molecule has 0 aromatic rings. The highest BCUT2D eigenvalue weighted by Crippen LogP contribution is 2.28. The molecule has 0 amide bonds. The molecule has 0 aliphatic heterocycles. The molecule has 0 rings (SSSR count). The van der Waals surface area contributed by atoms with Crippen LogP contribution in [0.1, 0.15) is 40.5 Å². The third-order valence-electron chi connectivity index (χ3n) is 2.62. The first-order valence-electron chi connectivity index (χ1n) is 5.65. The molecule has 0 bridgehead atoms. The Morgan fingerprint density at radius 1 is 1.08 bits per heavy atom. The van der Waals surface area contributed by atoms with Crippen LogP contribution in [-0.2, 0) is 4.43 Å². The van der Waals surface area contributed by atoms with Gasteiger partial charge in [-0.05, 0) is 24.1 Å². The van der Waals surface area contributed by atoms with Gasteiger partial charge >= 0.3 is 0 Å². The van der Waals surface area contributed by atoms with Gasteiger partial charge in [-0.2, -0.15) is 0 Å². The zero-order valence-electron chi connectivity index (χ0n) is 10.0. The smallest absolute Gasteiger partial charge is 0.192 e. The molecule has 0 heterocycles. The third kappa shape index (κ3) is 4.82. The molecule has 0 aliphatic rings. The van der Waals surface area contributed by atoms with E-state index in [4.69, 9.17) is 4.43 Å². The average Bonchev–Trinajstić information content (AvgIpc) is 2.04. The molecule has 0 spiro atoms. The Hall–Kier alpha value is 0.177. The van der Waals surface area contributed by atoms with Gasteiger partial charge in [-0.15, -0.1) is 0 Å². The molecule has 0 unspecified atom stereocenters. The summed E-state index contributed by atoms with van der Waals surface area (Å²) in [6.45, 7) is 9.17. The van der Waals surface area contributed by atoms with Crippen molar-refractivity contribution in [1.29, 1.82) is 0 Å². The minimum atomic E-state index is -1.33. The maximum atomic E-state index is 5.87. The summed E-state index contributed by atoms with van der Waals surface area (Å²) in [5, 5.41) is 0. The standard InChI is InChI=1S/C11H26OSi/c1-6-8-13(12-5,9-7-2)10-11(3)4/h11H,6-10H2,1-5H3. The highest BCUT2D eigenvalue weighted by Gasteiger charge is 2.32. The Morgan fingerprint density at radius 3 is 1.77 bits per heavy atom. The van der Waals surface area contributed by atoms with Crippen LogP contribution in [-0.4, -0.2) is 15.4 Å². The molecule has 0 N–H and O–H groups in total. The summed E-state index contributed by atoms with van der Waals surface area (Å²) in [5.41, 5.74) is 0. The number of rotatable bonds is 7. The molecule has 0 saturated carbocycles. The van der Waals surface area contributed by atoms with Crippen LogP contribution in [0.3, 0.4) is 0 Å². The van der Waals surface area contributed by atoms with Crippen LogP contribution in [0.5, 0.6) is 0 Å². The molecule has 13 heavy (non-hydrogen) atoms. The van der Waals surface area contributed by atoms with Crippen LogP contribution in [0.2, 0.25) is 18.1 Å². The van der Waals surface area contributed by atoms with Crippen molar-refractivity contribution in [3.8, 4) is 0 Å². The molecular formula is C11H26OSi. The third-order valence-corrected chi connectivity index (χ3v) is 7.87. The first kappa shape index (κ1) is 13.2. The molecule has 2 heteroatoms. The summed E-state index contributed by atoms with van der Waals surface area (Å²) in [4.78, 5) is 0. The van der Waals surface area contributed by atoms with E-state index in [9.17, 15) is 0 Å². The van der Waals surface area contributed by atoms with Gasteiger partial charge in [0.2, 0.25) is 0 Å². The topological polar surface area (TPSA) is 9.23 Å². The van der Waals surface area contributed by atoms with E-state index in [0.717, 1.165) is 5.92 Å². The Balaban J connectivity index is 4.24. The van der Waals surface area contributed by atoms with Crippen molar-refractivity contribution >= 4 is 8.32 Å². The van der Waals surface area contributed by atoms with Crippen molar-refractivity contribution in [1.82, 2.24) is 0 Å². The van der Waals surface area contributed by atoms with E-state index < -0.39 is 8.32 Å². The Bertz CT molecular complexity index is 117. The van der Waals surface area contributed by atoms with Gasteiger partial charge in [0.05, 0.1) is 0 Å². The molecule has 0 saturated heterocycles. The lowest BCUT2D eigenvalue weighted by atomic mass is 10.3. The highest BCUT2D eigenvalue weighted by molar-refractivity contribution is 6.73. The molecule has 0 radical (unpaired) electrons. The molecule has 0 atom stereocenters. The monoisotopic (exact) mass is 202 g/mol. The van der Waals surface area contributed by atoms with Crippen molar-refractivity contribution in [2.45, 2.75) is 58.7 Å². The predicted molar refractivity (Wildman–Crippen MR) is 62.6 cm³/mol. The summed E-state index contributed by atoms with van der Waals surface area (Å²) in [6, 6.07) is 4.02. The lowest BCUT2D eigenvalue weighted by molar-refractivity contribution is 0.379. The molecule has 0 aromatic heterocycles. The second kappa shape index (κ2) is 6.60. The van der Waals surface area contributed by atoms with E-state index in [-0.39, 0.29) is 0 Å². The molecule has 80 valence electrons. The maximum Gasteiger partial charge on any atom is 0.192 e. The molecule has 0 aromatic carbocycles. The Morgan fingerprint density at radius 2 is 1.54 bits per heavy atom. The summed E-state index contributed by atoms with van der Waals surface area (Å²) in [5.74, 6) is 0.796. The SMILES string of the molecule is CCC[Si](CCC)(CC(C)C)OC. The van der Waals surface area contributed by atoms with Gasteiger partial charge in [0.25, 0.3) is 0 Å². The fourth-order valence-electron chi connectivity index (χ4n) is 2.27. The Labute approximate surface area is 85.0 Å². The minimum absolute atomic E-state index is 0.796. The number of hydrogen-bond donors (Lipinski definition) is 0. The van der Waals surface area contributed by atoms with Gasteiger partial charge in [0, 0.05) is 7.11 Å². The van der Waals surface area contributed by atoms with Crippen molar-refractivity contribution in [3.63, 3.8) is 0 Å². The molecule has 0 fully saturated rings. The zero-order valence-corrected chi connectivity index (χ0v) is 11.0. The van der Waals surface area contributed by atoms with E-state index in [1.54, 1.807) is 0 Å². The van der Waals surface area contributed by atoms with Gasteiger partial charge in [-0.1, -0.05) is 40.5 Å². The molecule has 0 aliphatic carbocycles. The van der Waals surface area contributed by atoms with Gasteiger partial charge in [0.15, 0.2) is 8.32 Å². The van der Waals surface area contributed by atoms with Crippen LogP contribution < -0.4 is 0 Å². The van der Waals surface area contributed by atoms with Gasteiger partial charge in [-0.3, -0.25) is 0 Å². The normalized spacial score (nSPS) is 12.5. The average molecular weight is 202 g/mol. The second-order valence-corrected chi connectivity index (χ2v) is 8.67. The molecule has 1 nitrogen and oxygen atoms in total. The largest absolute Gasteiger partial charge is 0.420 e. The van der Waals surface area contributed by atoms with E-state index in [0.29, 0.717) is 0 Å². The van der Waals surface area contributed by atoms with Gasteiger partial charge in [0.1, 0.15) is 0 Å². The fourth-order valence-corrected chi connectivity index (χ4v) is 6.82. The van der Waals surface area contributed by atoms with Crippen LogP contribution in [0.4, 0.5) is 0 Å². The fraction of sp³-hybridized carbons (Fsp3) is 1.00. The second-order valence-electron chi connectivity index (χ2n) is 4.49. The summed E-state index contributed by atoms with van der Waals surface area (Å²) >= 11 is 0. The van der Waals surface area contributed by atoms with Crippen molar-refractivity contribution < 1.29 is 4.43 Å². The lowest BCUT2D eigenvalue weighted by Gasteiger charge is -2.30.